The number of amides is 1. The first-order chi connectivity index (χ1) is 12.5. The fourth-order valence-corrected chi connectivity index (χ4v) is 4.73. The summed E-state index contributed by atoms with van der Waals surface area (Å²) in [5, 5.41) is 3.30. The maximum atomic E-state index is 12.7. The summed E-state index contributed by atoms with van der Waals surface area (Å²) in [6, 6.07) is 2.62. The second-order valence-corrected chi connectivity index (χ2v) is 8.40. The van der Waals surface area contributed by atoms with Crippen molar-refractivity contribution in [1.82, 2.24) is 5.32 Å². The van der Waals surface area contributed by atoms with Crippen molar-refractivity contribution in [3.05, 3.63) is 28.3 Å². The molecule has 1 N–H and O–H groups in total. The molecular formula is C23H35NO2. The first-order valence-corrected chi connectivity index (χ1v) is 10.6. The van der Waals surface area contributed by atoms with E-state index in [1.807, 2.05) is 0 Å². The Morgan fingerprint density at radius 1 is 1.23 bits per heavy atom. The highest BCUT2D eigenvalue weighted by Crippen LogP contribution is 2.38. The van der Waals surface area contributed by atoms with E-state index in [0.29, 0.717) is 12.0 Å². The molecule has 1 amide bonds. The summed E-state index contributed by atoms with van der Waals surface area (Å²) in [6.07, 6.45) is 9.06. The van der Waals surface area contributed by atoms with Crippen LogP contribution in [0.1, 0.15) is 74.6 Å². The Kier molecular flexibility index (Phi) is 6.26. The minimum atomic E-state index is 0.0867. The van der Waals surface area contributed by atoms with E-state index in [-0.39, 0.29) is 11.8 Å². The van der Waals surface area contributed by atoms with Gasteiger partial charge < -0.3 is 10.1 Å². The molecule has 2 atom stereocenters. The molecule has 2 unspecified atom stereocenters. The Balaban J connectivity index is 1.73. The molecule has 0 spiro atoms. The summed E-state index contributed by atoms with van der Waals surface area (Å²) >= 11 is 0. The van der Waals surface area contributed by atoms with Gasteiger partial charge in [0.05, 0.1) is 6.61 Å². The highest BCUT2D eigenvalue weighted by Gasteiger charge is 2.31. The summed E-state index contributed by atoms with van der Waals surface area (Å²) in [6.45, 7) is 9.42. The maximum Gasteiger partial charge on any atom is 0.223 e. The molecule has 1 aromatic carbocycles. The Hall–Kier alpha value is -1.51. The lowest BCUT2D eigenvalue weighted by atomic mass is 9.74. The first kappa shape index (κ1) is 19.3. The molecule has 144 valence electrons. The third kappa shape index (κ3) is 4.07. The van der Waals surface area contributed by atoms with Gasteiger partial charge in [-0.2, -0.15) is 0 Å². The van der Waals surface area contributed by atoms with Crippen LogP contribution in [0.4, 0.5) is 0 Å². The standard InChI is InChI=1S/C23H35NO2/c1-5-12-26-22-13-15(2)20-11-10-18(14-21(20)17(22)4)16(3)23(25)24-19-8-6-7-9-19/h13,16,18-19H,5-12,14H2,1-4H3,(H,24,25). The molecule has 1 fully saturated rings. The van der Waals surface area contributed by atoms with Gasteiger partial charge in [0.25, 0.3) is 0 Å². The van der Waals surface area contributed by atoms with E-state index in [0.717, 1.165) is 50.9 Å². The normalized spacial score (nSPS) is 21.3. The van der Waals surface area contributed by atoms with Crippen LogP contribution in [0.25, 0.3) is 0 Å². The van der Waals surface area contributed by atoms with Gasteiger partial charge in [-0.1, -0.05) is 26.7 Å². The van der Waals surface area contributed by atoms with Gasteiger partial charge in [-0.15, -0.1) is 0 Å². The molecule has 0 radical (unpaired) electrons. The Morgan fingerprint density at radius 2 is 1.96 bits per heavy atom. The SMILES string of the molecule is CCCOc1cc(C)c2c(c1C)CC(C(C)C(=O)NC1CCCC1)CC2. The number of aryl methyl sites for hydroxylation is 1. The summed E-state index contributed by atoms with van der Waals surface area (Å²) in [4.78, 5) is 12.7. The van der Waals surface area contributed by atoms with Crippen molar-refractivity contribution in [1.29, 1.82) is 0 Å². The largest absolute Gasteiger partial charge is 0.493 e. The molecule has 3 heteroatoms. The number of hydrogen-bond acceptors (Lipinski definition) is 2. The highest BCUT2D eigenvalue weighted by molar-refractivity contribution is 5.79. The quantitative estimate of drug-likeness (QED) is 0.787. The fraction of sp³-hybridized carbons (Fsp3) is 0.696. The van der Waals surface area contributed by atoms with Gasteiger partial charge in [-0.25, -0.2) is 0 Å². The van der Waals surface area contributed by atoms with Crippen molar-refractivity contribution in [2.45, 2.75) is 85.1 Å². The van der Waals surface area contributed by atoms with Crippen LogP contribution < -0.4 is 10.1 Å². The van der Waals surface area contributed by atoms with Gasteiger partial charge in [-0.3, -0.25) is 4.79 Å². The monoisotopic (exact) mass is 357 g/mol. The van der Waals surface area contributed by atoms with Crippen molar-refractivity contribution in [3.8, 4) is 5.75 Å². The number of fused-ring (bicyclic) bond motifs is 1. The Labute approximate surface area is 158 Å². The predicted molar refractivity (Wildman–Crippen MR) is 107 cm³/mol. The summed E-state index contributed by atoms with van der Waals surface area (Å²) < 4.78 is 5.99. The van der Waals surface area contributed by atoms with Crippen LogP contribution in [0, 0.1) is 25.7 Å². The van der Waals surface area contributed by atoms with E-state index >= 15 is 0 Å². The van der Waals surface area contributed by atoms with Crippen LogP contribution in [0.5, 0.6) is 5.75 Å². The van der Waals surface area contributed by atoms with E-state index in [4.69, 9.17) is 4.74 Å². The molecule has 2 aliphatic rings. The van der Waals surface area contributed by atoms with Crippen molar-refractivity contribution in [3.63, 3.8) is 0 Å². The van der Waals surface area contributed by atoms with Crippen molar-refractivity contribution in [2.75, 3.05) is 6.61 Å². The summed E-state index contributed by atoms with van der Waals surface area (Å²) in [5.74, 6) is 1.82. The molecule has 26 heavy (non-hydrogen) atoms. The maximum absolute atomic E-state index is 12.7. The van der Waals surface area contributed by atoms with Gasteiger partial charge in [0.15, 0.2) is 0 Å². The molecule has 0 saturated heterocycles. The Bertz CT molecular complexity index is 646. The molecule has 2 aliphatic carbocycles. The van der Waals surface area contributed by atoms with Gasteiger partial charge in [-0.05, 0) is 86.6 Å². The third-order valence-electron chi connectivity index (χ3n) is 6.53. The average Bonchev–Trinajstić information content (AvgIpc) is 3.15. The molecule has 0 bridgehead atoms. The lowest BCUT2D eigenvalue weighted by molar-refractivity contribution is -0.126. The molecular weight excluding hydrogens is 322 g/mol. The van der Waals surface area contributed by atoms with E-state index < -0.39 is 0 Å². The van der Waals surface area contributed by atoms with Gasteiger partial charge in [0.1, 0.15) is 5.75 Å². The zero-order valence-electron chi connectivity index (χ0n) is 17.0. The molecule has 0 heterocycles. The minimum Gasteiger partial charge on any atom is -0.493 e. The predicted octanol–water partition coefficient (Wildman–Crippen LogP) is 4.89. The van der Waals surface area contributed by atoms with Crippen molar-refractivity contribution in [2.24, 2.45) is 11.8 Å². The number of hydrogen-bond donors (Lipinski definition) is 1. The lowest BCUT2D eigenvalue weighted by Crippen LogP contribution is -2.40. The molecule has 3 nitrogen and oxygen atoms in total. The van der Waals surface area contributed by atoms with Crippen LogP contribution in [0.15, 0.2) is 6.07 Å². The molecule has 0 aliphatic heterocycles. The first-order valence-electron chi connectivity index (χ1n) is 10.6. The Morgan fingerprint density at radius 3 is 2.65 bits per heavy atom. The van der Waals surface area contributed by atoms with E-state index in [9.17, 15) is 4.79 Å². The number of benzene rings is 1. The third-order valence-corrected chi connectivity index (χ3v) is 6.53. The molecule has 1 aromatic rings. The number of ether oxygens (including phenoxy) is 1. The summed E-state index contributed by atoms with van der Waals surface area (Å²) in [7, 11) is 0. The molecule has 0 aromatic heterocycles. The van der Waals surface area contributed by atoms with E-state index in [1.165, 1.54) is 35.1 Å². The minimum absolute atomic E-state index is 0.0867. The zero-order valence-corrected chi connectivity index (χ0v) is 17.0. The summed E-state index contributed by atoms with van der Waals surface area (Å²) in [5.41, 5.74) is 5.56. The van der Waals surface area contributed by atoms with Crippen LogP contribution >= 0.6 is 0 Å². The smallest absolute Gasteiger partial charge is 0.223 e. The fourth-order valence-electron chi connectivity index (χ4n) is 4.73. The van der Waals surface area contributed by atoms with Crippen LogP contribution in [-0.4, -0.2) is 18.6 Å². The van der Waals surface area contributed by atoms with Gasteiger partial charge >= 0.3 is 0 Å². The lowest BCUT2D eigenvalue weighted by Gasteiger charge is -2.32. The highest BCUT2D eigenvalue weighted by atomic mass is 16.5. The number of carbonyl (C=O) groups is 1. The van der Waals surface area contributed by atoms with Crippen molar-refractivity contribution < 1.29 is 9.53 Å². The second-order valence-electron chi connectivity index (χ2n) is 8.40. The van der Waals surface area contributed by atoms with Gasteiger partial charge in [0.2, 0.25) is 5.91 Å². The topological polar surface area (TPSA) is 38.3 Å². The number of rotatable bonds is 6. The van der Waals surface area contributed by atoms with E-state index in [2.05, 4.69) is 39.1 Å². The zero-order chi connectivity index (χ0) is 18.7. The van der Waals surface area contributed by atoms with Crippen molar-refractivity contribution >= 4 is 5.91 Å². The average molecular weight is 358 g/mol. The molecule has 1 saturated carbocycles. The van der Waals surface area contributed by atoms with Crippen LogP contribution in [0.3, 0.4) is 0 Å². The van der Waals surface area contributed by atoms with Crippen LogP contribution in [-0.2, 0) is 17.6 Å². The van der Waals surface area contributed by atoms with Crippen LogP contribution in [0.2, 0.25) is 0 Å². The number of nitrogens with one attached hydrogen (secondary N) is 1. The van der Waals surface area contributed by atoms with Gasteiger partial charge in [0, 0.05) is 12.0 Å². The second kappa shape index (κ2) is 8.45. The number of carbonyl (C=O) groups excluding carboxylic acids is 1. The van der Waals surface area contributed by atoms with E-state index in [1.54, 1.807) is 0 Å². The molecule has 3 rings (SSSR count).